The minimum absolute atomic E-state index is 0.144. The standard InChI is InChI=1S/C18H27N3O5/c1-4-26-18(25)13-5-7-21(8-6-13)16(22)14(10-19)11-20-15(17(23)24)9-12(2)3/h11-13,15,20H,4-9H2,1-3H3,(H,23,24)/b14-11-. The van der Waals surface area contributed by atoms with Crippen LogP contribution in [0.1, 0.15) is 40.0 Å². The number of aliphatic carboxylic acids is 1. The predicted molar refractivity (Wildman–Crippen MR) is 93.6 cm³/mol. The number of nitriles is 1. The third-order valence-electron chi connectivity index (χ3n) is 4.19. The van der Waals surface area contributed by atoms with Crippen molar-refractivity contribution in [2.45, 2.75) is 46.1 Å². The molecule has 0 aromatic carbocycles. The number of nitrogens with one attached hydrogen (secondary N) is 1. The fourth-order valence-corrected chi connectivity index (χ4v) is 2.79. The average molecular weight is 365 g/mol. The molecule has 0 radical (unpaired) electrons. The number of carboxylic acid groups (broad SMARTS) is 1. The Kier molecular flexibility index (Phi) is 8.62. The van der Waals surface area contributed by atoms with E-state index in [-0.39, 0.29) is 23.4 Å². The number of carbonyl (C=O) groups is 3. The zero-order chi connectivity index (χ0) is 19.7. The van der Waals surface area contributed by atoms with Crippen LogP contribution >= 0.6 is 0 Å². The molecule has 1 rings (SSSR count). The van der Waals surface area contributed by atoms with Crippen molar-refractivity contribution >= 4 is 17.8 Å². The van der Waals surface area contributed by atoms with Gasteiger partial charge in [0.15, 0.2) is 0 Å². The van der Waals surface area contributed by atoms with E-state index in [1.54, 1.807) is 6.92 Å². The molecule has 1 amide bonds. The number of nitrogens with zero attached hydrogens (tertiary/aromatic N) is 2. The first-order valence-corrected chi connectivity index (χ1v) is 8.85. The van der Waals surface area contributed by atoms with E-state index in [1.807, 2.05) is 19.9 Å². The number of carboxylic acids is 1. The molecule has 8 nitrogen and oxygen atoms in total. The van der Waals surface area contributed by atoms with Gasteiger partial charge in [0, 0.05) is 19.3 Å². The van der Waals surface area contributed by atoms with Gasteiger partial charge in [-0.2, -0.15) is 5.26 Å². The van der Waals surface area contributed by atoms with E-state index in [9.17, 15) is 24.8 Å². The molecule has 0 aromatic rings. The summed E-state index contributed by atoms with van der Waals surface area (Å²) >= 11 is 0. The predicted octanol–water partition coefficient (Wildman–Crippen LogP) is 1.28. The fourth-order valence-electron chi connectivity index (χ4n) is 2.79. The van der Waals surface area contributed by atoms with Crippen LogP contribution in [0.3, 0.4) is 0 Å². The zero-order valence-corrected chi connectivity index (χ0v) is 15.5. The number of esters is 1. The van der Waals surface area contributed by atoms with Crippen LogP contribution < -0.4 is 5.32 Å². The molecular weight excluding hydrogens is 338 g/mol. The van der Waals surface area contributed by atoms with Gasteiger partial charge in [0.05, 0.1) is 12.5 Å². The van der Waals surface area contributed by atoms with E-state index in [0.29, 0.717) is 39.0 Å². The molecule has 0 aromatic heterocycles. The third kappa shape index (κ3) is 6.39. The number of hydrogen-bond donors (Lipinski definition) is 2. The van der Waals surface area contributed by atoms with Crippen LogP contribution in [0.4, 0.5) is 0 Å². The van der Waals surface area contributed by atoms with E-state index in [0.717, 1.165) is 0 Å². The lowest BCUT2D eigenvalue weighted by molar-refractivity contribution is -0.150. The first kappa shape index (κ1) is 21.5. The van der Waals surface area contributed by atoms with Crippen molar-refractivity contribution in [2.24, 2.45) is 11.8 Å². The summed E-state index contributed by atoms with van der Waals surface area (Å²) in [7, 11) is 0. The van der Waals surface area contributed by atoms with Crippen LogP contribution in [0, 0.1) is 23.2 Å². The SMILES string of the molecule is CCOC(=O)C1CCN(C(=O)/C(C#N)=C\NC(CC(C)C)C(=O)O)CC1. The highest BCUT2D eigenvalue weighted by Gasteiger charge is 2.29. The van der Waals surface area contributed by atoms with Gasteiger partial charge in [-0.1, -0.05) is 13.8 Å². The highest BCUT2D eigenvalue weighted by atomic mass is 16.5. The maximum atomic E-state index is 12.5. The summed E-state index contributed by atoms with van der Waals surface area (Å²) < 4.78 is 4.99. The Balaban J connectivity index is 2.67. The summed E-state index contributed by atoms with van der Waals surface area (Å²) in [6.45, 7) is 6.57. The van der Waals surface area contributed by atoms with Gasteiger partial charge in [0.2, 0.25) is 0 Å². The number of piperidine rings is 1. The maximum Gasteiger partial charge on any atom is 0.326 e. The van der Waals surface area contributed by atoms with E-state index >= 15 is 0 Å². The quantitative estimate of drug-likeness (QED) is 0.378. The van der Waals surface area contributed by atoms with Crippen LogP contribution in [0.5, 0.6) is 0 Å². The summed E-state index contributed by atoms with van der Waals surface area (Å²) in [4.78, 5) is 37.0. The summed E-state index contributed by atoms with van der Waals surface area (Å²) in [5.41, 5.74) is -0.144. The van der Waals surface area contributed by atoms with Crippen LogP contribution in [-0.4, -0.2) is 53.6 Å². The normalized spacial score (nSPS) is 16.7. The Morgan fingerprint density at radius 3 is 2.42 bits per heavy atom. The molecule has 1 aliphatic heterocycles. The molecule has 1 fully saturated rings. The molecule has 0 saturated carbocycles. The molecule has 1 unspecified atom stereocenters. The largest absolute Gasteiger partial charge is 0.480 e. The smallest absolute Gasteiger partial charge is 0.326 e. The number of ether oxygens (including phenoxy) is 1. The Bertz CT molecular complexity index is 586. The van der Waals surface area contributed by atoms with Gasteiger partial charge in [0.1, 0.15) is 17.7 Å². The summed E-state index contributed by atoms with van der Waals surface area (Å²) in [6, 6.07) is 0.963. The van der Waals surface area contributed by atoms with E-state index in [2.05, 4.69) is 5.32 Å². The molecule has 1 aliphatic rings. The molecule has 2 N–H and O–H groups in total. The van der Waals surface area contributed by atoms with Gasteiger partial charge < -0.3 is 20.1 Å². The molecular formula is C18H27N3O5. The summed E-state index contributed by atoms with van der Waals surface area (Å²) in [5, 5.41) is 21.1. The molecule has 0 bridgehead atoms. The second kappa shape index (κ2) is 10.4. The van der Waals surface area contributed by atoms with Gasteiger partial charge in [-0.3, -0.25) is 9.59 Å². The van der Waals surface area contributed by atoms with Crippen molar-refractivity contribution in [3.8, 4) is 6.07 Å². The second-order valence-electron chi connectivity index (χ2n) is 6.68. The lowest BCUT2D eigenvalue weighted by Crippen LogP contribution is -2.42. The van der Waals surface area contributed by atoms with E-state index < -0.39 is 17.9 Å². The monoisotopic (exact) mass is 365 g/mol. The van der Waals surface area contributed by atoms with Gasteiger partial charge in [-0.05, 0) is 32.1 Å². The van der Waals surface area contributed by atoms with Gasteiger partial charge >= 0.3 is 11.9 Å². The molecule has 1 heterocycles. The molecule has 8 heteroatoms. The Labute approximate surface area is 153 Å². The van der Waals surface area contributed by atoms with Crippen molar-refractivity contribution in [3.63, 3.8) is 0 Å². The number of likely N-dealkylation sites (tertiary alicyclic amines) is 1. The topological polar surface area (TPSA) is 120 Å². The molecule has 1 atom stereocenters. The van der Waals surface area contributed by atoms with Crippen molar-refractivity contribution in [2.75, 3.05) is 19.7 Å². The summed E-state index contributed by atoms with van der Waals surface area (Å²) in [5.74, 6) is -1.82. The lowest BCUT2D eigenvalue weighted by atomic mass is 9.96. The Hall–Kier alpha value is -2.56. The number of hydrogen-bond acceptors (Lipinski definition) is 6. The van der Waals surface area contributed by atoms with Crippen molar-refractivity contribution in [1.29, 1.82) is 5.26 Å². The average Bonchev–Trinajstić information content (AvgIpc) is 2.60. The van der Waals surface area contributed by atoms with E-state index in [1.165, 1.54) is 11.1 Å². The molecule has 144 valence electrons. The van der Waals surface area contributed by atoms with Crippen molar-refractivity contribution in [3.05, 3.63) is 11.8 Å². The molecule has 26 heavy (non-hydrogen) atoms. The zero-order valence-electron chi connectivity index (χ0n) is 15.5. The van der Waals surface area contributed by atoms with Crippen LogP contribution in [0.25, 0.3) is 0 Å². The van der Waals surface area contributed by atoms with Gasteiger partial charge in [-0.25, -0.2) is 4.79 Å². The summed E-state index contributed by atoms with van der Waals surface area (Å²) in [6.07, 6.45) is 2.54. The minimum Gasteiger partial charge on any atom is -0.480 e. The Morgan fingerprint density at radius 1 is 1.35 bits per heavy atom. The number of carbonyl (C=O) groups excluding carboxylic acids is 2. The number of rotatable bonds is 8. The van der Waals surface area contributed by atoms with Gasteiger partial charge in [-0.15, -0.1) is 0 Å². The third-order valence-corrected chi connectivity index (χ3v) is 4.19. The lowest BCUT2D eigenvalue weighted by Gasteiger charge is -2.30. The van der Waals surface area contributed by atoms with Crippen LogP contribution in [0.15, 0.2) is 11.8 Å². The highest BCUT2D eigenvalue weighted by Crippen LogP contribution is 2.20. The van der Waals surface area contributed by atoms with E-state index in [4.69, 9.17) is 4.74 Å². The molecule has 0 spiro atoms. The van der Waals surface area contributed by atoms with Crippen LogP contribution in [0.2, 0.25) is 0 Å². The number of amides is 1. The minimum atomic E-state index is -1.03. The fraction of sp³-hybridized carbons (Fsp3) is 0.667. The first-order chi connectivity index (χ1) is 12.3. The van der Waals surface area contributed by atoms with Crippen molar-refractivity contribution < 1.29 is 24.2 Å². The first-order valence-electron chi connectivity index (χ1n) is 8.85. The second-order valence-corrected chi connectivity index (χ2v) is 6.68. The maximum absolute atomic E-state index is 12.5. The molecule has 1 saturated heterocycles. The Morgan fingerprint density at radius 2 is 1.96 bits per heavy atom. The van der Waals surface area contributed by atoms with Crippen LogP contribution in [-0.2, 0) is 19.1 Å². The highest BCUT2D eigenvalue weighted by molar-refractivity contribution is 5.97. The van der Waals surface area contributed by atoms with Crippen molar-refractivity contribution in [1.82, 2.24) is 10.2 Å². The molecule has 0 aliphatic carbocycles. The van der Waals surface area contributed by atoms with Gasteiger partial charge in [0.25, 0.3) is 5.91 Å².